The van der Waals surface area contributed by atoms with Gasteiger partial charge in [0, 0.05) is 0 Å². The second kappa shape index (κ2) is 10.9. The molecule has 0 heterocycles. The molecule has 1 unspecified atom stereocenters. The number of nitrogens with one attached hydrogen (secondary N) is 3. The van der Waals surface area contributed by atoms with Crippen LogP contribution in [-0.4, -0.2) is 19.1 Å². The van der Waals surface area contributed by atoms with Gasteiger partial charge in [0.15, 0.2) is 0 Å². The van der Waals surface area contributed by atoms with Crippen LogP contribution in [0.15, 0.2) is 30.3 Å². The Bertz CT molecular complexity index is 383. The number of rotatable bonds is 8. The predicted octanol–water partition coefficient (Wildman–Crippen LogP) is 1.93. The Morgan fingerprint density at radius 3 is 2.74 bits per heavy atom. The van der Waals surface area contributed by atoms with Crippen LogP contribution in [0.25, 0.3) is 0 Å². The van der Waals surface area contributed by atoms with Gasteiger partial charge in [0.2, 0.25) is 0 Å². The van der Waals surface area contributed by atoms with E-state index in [0.29, 0.717) is 0 Å². The van der Waals surface area contributed by atoms with E-state index in [0.717, 1.165) is 32.4 Å². The molecule has 0 saturated heterocycles. The van der Waals surface area contributed by atoms with E-state index in [9.17, 15) is 0 Å². The summed E-state index contributed by atoms with van der Waals surface area (Å²) in [5.41, 5.74) is 4.39. The first-order chi connectivity index (χ1) is 9.36. The molecule has 3 N–H and O–H groups in total. The van der Waals surface area contributed by atoms with Crippen molar-refractivity contribution in [3.05, 3.63) is 35.9 Å². The van der Waals surface area contributed by atoms with Gasteiger partial charge >= 0.3 is 0 Å². The van der Waals surface area contributed by atoms with Crippen molar-refractivity contribution in [2.45, 2.75) is 32.2 Å². The zero-order chi connectivity index (χ0) is 13.8. The van der Waals surface area contributed by atoms with Crippen LogP contribution in [0, 0.1) is 11.8 Å². The number of aryl methyl sites for hydroxylation is 1. The van der Waals surface area contributed by atoms with Crippen LogP contribution in [0.1, 0.15) is 25.3 Å². The van der Waals surface area contributed by atoms with Crippen molar-refractivity contribution in [3.63, 3.8) is 0 Å². The minimum Gasteiger partial charge on any atom is -0.306 e. The first kappa shape index (κ1) is 16.1. The molecule has 0 spiro atoms. The van der Waals surface area contributed by atoms with Crippen LogP contribution < -0.4 is 15.6 Å². The molecule has 0 aliphatic heterocycles. The van der Waals surface area contributed by atoms with Gasteiger partial charge in [-0.1, -0.05) is 61.9 Å². The van der Waals surface area contributed by atoms with Crippen LogP contribution in [0.2, 0.25) is 0 Å². The zero-order valence-corrected chi connectivity index (χ0v) is 12.3. The third kappa shape index (κ3) is 7.91. The van der Waals surface area contributed by atoms with Gasteiger partial charge in [0.25, 0.3) is 0 Å². The van der Waals surface area contributed by atoms with Crippen molar-refractivity contribution < 1.29 is 0 Å². The highest BCUT2D eigenvalue weighted by Gasteiger charge is 2.03. The van der Waals surface area contributed by atoms with Crippen LogP contribution in [0.5, 0.6) is 0 Å². The van der Waals surface area contributed by atoms with E-state index in [1.165, 1.54) is 5.56 Å². The molecule has 0 fully saturated rings. The molecule has 1 aromatic carbocycles. The van der Waals surface area contributed by atoms with Crippen molar-refractivity contribution in [3.8, 4) is 11.8 Å². The molecule has 0 saturated carbocycles. The topological polar surface area (TPSA) is 36.1 Å². The molecule has 104 valence electrons. The minimum atomic E-state index is 0.112. The standard InChI is InChI=1S/C15H23N3S/c1-2-12-16-13-6-9-15(17-18-19)11-10-14-7-4-3-5-8-14/h3-5,7-8,15-19H,2,10-13H2,1H3. The Morgan fingerprint density at radius 1 is 1.26 bits per heavy atom. The molecule has 0 radical (unpaired) electrons. The lowest BCUT2D eigenvalue weighted by molar-refractivity contribution is 0.563. The van der Waals surface area contributed by atoms with Crippen LogP contribution >= 0.6 is 12.8 Å². The molecule has 0 amide bonds. The highest BCUT2D eigenvalue weighted by Crippen LogP contribution is 2.04. The van der Waals surface area contributed by atoms with Gasteiger partial charge in [-0.25, -0.2) is 10.3 Å². The molecule has 0 bridgehead atoms. The number of hydrogen-bond acceptors (Lipinski definition) is 4. The average molecular weight is 277 g/mol. The molecule has 1 aromatic rings. The van der Waals surface area contributed by atoms with Crippen molar-refractivity contribution in [2.75, 3.05) is 13.1 Å². The zero-order valence-electron chi connectivity index (χ0n) is 11.4. The molecule has 0 aliphatic carbocycles. The van der Waals surface area contributed by atoms with E-state index in [4.69, 9.17) is 0 Å². The van der Waals surface area contributed by atoms with Gasteiger partial charge in [0.05, 0.1) is 12.6 Å². The van der Waals surface area contributed by atoms with E-state index < -0.39 is 0 Å². The van der Waals surface area contributed by atoms with E-state index >= 15 is 0 Å². The van der Waals surface area contributed by atoms with Crippen molar-refractivity contribution in [1.82, 2.24) is 15.6 Å². The number of hydrogen-bond donors (Lipinski definition) is 4. The van der Waals surface area contributed by atoms with E-state index in [2.05, 4.69) is 71.4 Å². The molecule has 19 heavy (non-hydrogen) atoms. The van der Waals surface area contributed by atoms with Gasteiger partial charge in [-0.05, 0) is 31.4 Å². The van der Waals surface area contributed by atoms with E-state index in [1.807, 2.05) is 6.07 Å². The lowest BCUT2D eigenvalue weighted by Gasteiger charge is -2.11. The molecular formula is C15H23N3S. The van der Waals surface area contributed by atoms with Gasteiger partial charge in [-0.15, -0.1) is 0 Å². The van der Waals surface area contributed by atoms with Gasteiger partial charge in [0.1, 0.15) is 0 Å². The number of thiol groups is 1. The molecular weight excluding hydrogens is 254 g/mol. The highest BCUT2D eigenvalue weighted by atomic mass is 32.1. The average Bonchev–Trinajstić information content (AvgIpc) is 2.45. The Balaban J connectivity index is 2.35. The second-order valence-electron chi connectivity index (χ2n) is 4.33. The summed E-state index contributed by atoms with van der Waals surface area (Å²) in [4.78, 5) is 2.68. The van der Waals surface area contributed by atoms with Crippen molar-refractivity contribution >= 4 is 12.8 Å². The third-order valence-corrected chi connectivity index (χ3v) is 2.85. The summed E-state index contributed by atoms with van der Waals surface area (Å²) >= 11 is 3.97. The second-order valence-corrected chi connectivity index (χ2v) is 4.55. The fraction of sp³-hybridized carbons (Fsp3) is 0.467. The number of benzene rings is 1. The van der Waals surface area contributed by atoms with Crippen LogP contribution in [0.4, 0.5) is 0 Å². The SMILES string of the molecule is CCCNCC#CC(CCc1ccccc1)NNS. The maximum atomic E-state index is 3.97. The summed E-state index contributed by atoms with van der Waals surface area (Å²) in [6.07, 6.45) is 3.10. The maximum Gasteiger partial charge on any atom is 0.0832 e. The summed E-state index contributed by atoms with van der Waals surface area (Å²) in [7, 11) is 0. The lowest BCUT2D eigenvalue weighted by Crippen LogP contribution is -2.35. The molecule has 3 nitrogen and oxygen atoms in total. The summed E-state index contributed by atoms with van der Waals surface area (Å²) < 4.78 is 0. The van der Waals surface area contributed by atoms with Gasteiger partial charge in [-0.3, -0.25) is 0 Å². The highest BCUT2D eigenvalue weighted by molar-refractivity contribution is 7.78. The fourth-order valence-electron chi connectivity index (χ4n) is 1.72. The molecule has 0 aromatic heterocycles. The van der Waals surface area contributed by atoms with Gasteiger partial charge in [-0.2, -0.15) is 0 Å². The lowest BCUT2D eigenvalue weighted by atomic mass is 10.1. The first-order valence-corrected chi connectivity index (χ1v) is 7.19. The Labute approximate surface area is 122 Å². The van der Waals surface area contributed by atoms with E-state index in [1.54, 1.807) is 0 Å². The summed E-state index contributed by atoms with van der Waals surface area (Å²) in [5.74, 6) is 6.36. The van der Waals surface area contributed by atoms with Crippen molar-refractivity contribution in [1.29, 1.82) is 0 Å². The van der Waals surface area contributed by atoms with Crippen LogP contribution in [-0.2, 0) is 6.42 Å². The quantitative estimate of drug-likeness (QED) is 0.254. The third-order valence-electron chi connectivity index (χ3n) is 2.72. The minimum absolute atomic E-state index is 0.112. The Morgan fingerprint density at radius 2 is 2.05 bits per heavy atom. The normalized spacial score (nSPS) is 11.7. The monoisotopic (exact) mass is 277 g/mol. The Kier molecular flexibility index (Phi) is 9.21. The summed E-state index contributed by atoms with van der Waals surface area (Å²) in [6.45, 7) is 3.90. The summed E-state index contributed by atoms with van der Waals surface area (Å²) in [5, 5.41) is 3.27. The largest absolute Gasteiger partial charge is 0.306 e. The van der Waals surface area contributed by atoms with Crippen molar-refractivity contribution in [2.24, 2.45) is 0 Å². The molecule has 0 aliphatic rings. The predicted molar refractivity (Wildman–Crippen MR) is 84.7 cm³/mol. The van der Waals surface area contributed by atoms with Crippen LogP contribution in [0.3, 0.4) is 0 Å². The number of hydrazine groups is 1. The smallest absolute Gasteiger partial charge is 0.0832 e. The van der Waals surface area contributed by atoms with E-state index in [-0.39, 0.29) is 6.04 Å². The Hall–Kier alpha value is -0.990. The molecule has 4 heteroatoms. The summed E-state index contributed by atoms with van der Waals surface area (Å²) in [6, 6.07) is 10.6. The molecule has 1 atom stereocenters. The fourth-order valence-corrected chi connectivity index (χ4v) is 1.87. The molecule has 1 rings (SSSR count). The first-order valence-electron chi connectivity index (χ1n) is 6.74. The maximum absolute atomic E-state index is 3.97. The van der Waals surface area contributed by atoms with Gasteiger partial charge < -0.3 is 5.32 Å².